The van der Waals surface area contributed by atoms with Gasteiger partial charge in [-0.25, -0.2) is 4.79 Å². The summed E-state index contributed by atoms with van der Waals surface area (Å²) in [4.78, 5) is 50.4. The summed E-state index contributed by atoms with van der Waals surface area (Å²) < 4.78 is 5.92. The van der Waals surface area contributed by atoms with E-state index in [9.17, 15) is 19.2 Å². The molecule has 1 unspecified atom stereocenters. The minimum atomic E-state index is -0.650. The molecule has 2 aromatic carbocycles. The average molecular weight is 520 g/mol. The van der Waals surface area contributed by atoms with Crippen LogP contribution >= 0.6 is 0 Å². The molecule has 2 fully saturated rings. The van der Waals surface area contributed by atoms with Crippen LogP contribution in [0.25, 0.3) is 0 Å². The second-order valence-electron chi connectivity index (χ2n) is 10.3. The first-order valence-corrected chi connectivity index (χ1v) is 13.1. The number of hydrogen-bond acceptors (Lipinski definition) is 6. The Morgan fingerprint density at radius 1 is 1.05 bits per heavy atom. The van der Waals surface area contributed by atoms with Gasteiger partial charge in [-0.3, -0.25) is 19.7 Å². The number of urea groups is 1. The predicted octanol–water partition coefficient (Wildman–Crippen LogP) is 2.52. The lowest BCUT2D eigenvalue weighted by atomic mass is 10.0. The molecule has 5 N–H and O–H groups in total. The molecule has 10 nitrogen and oxygen atoms in total. The van der Waals surface area contributed by atoms with Gasteiger partial charge in [-0.1, -0.05) is 12.1 Å². The zero-order valence-electron chi connectivity index (χ0n) is 21.2. The van der Waals surface area contributed by atoms with Gasteiger partial charge in [-0.05, 0) is 85.5 Å². The molecule has 1 aliphatic carbocycles. The number of carbonyl (C=O) groups excluding carboxylic acids is 4. The number of imide groups is 1. The van der Waals surface area contributed by atoms with Crippen molar-refractivity contribution in [2.75, 3.05) is 18.5 Å². The van der Waals surface area contributed by atoms with Crippen LogP contribution in [0.3, 0.4) is 0 Å². The fourth-order valence-electron chi connectivity index (χ4n) is 5.49. The topological polar surface area (TPSA) is 143 Å². The van der Waals surface area contributed by atoms with E-state index in [1.165, 1.54) is 11.3 Å². The molecule has 38 heavy (non-hydrogen) atoms. The SMILES string of the molecule is NC[C@@H]1CC[C@@H](COc2ccc(NC(=O)NCc3ccc4c(c3)CN(C3CCC(=O)NC3=O)C4=O)cc2)C1. The molecule has 10 heteroatoms. The monoisotopic (exact) mass is 519 g/mol. The molecule has 200 valence electrons. The molecule has 3 aliphatic rings. The van der Waals surface area contributed by atoms with Gasteiger partial charge in [-0.15, -0.1) is 0 Å². The Bertz CT molecular complexity index is 1230. The molecule has 3 atom stereocenters. The summed E-state index contributed by atoms with van der Waals surface area (Å²) in [5.41, 5.74) is 8.59. The summed E-state index contributed by atoms with van der Waals surface area (Å²) in [5.74, 6) is 0.959. The van der Waals surface area contributed by atoms with Crippen LogP contribution in [0.2, 0.25) is 0 Å². The Balaban J connectivity index is 1.09. The van der Waals surface area contributed by atoms with E-state index in [0.29, 0.717) is 42.7 Å². The summed E-state index contributed by atoms with van der Waals surface area (Å²) in [6.45, 7) is 2.00. The molecule has 5 rings (SSSR count). The second-order valence-corrected chi connectivity index (χ2v) is 10.3. The van der Waals surface area contributed by atoms with Gasteiger partial charge in [0.15, 0.2) is 0 Å². The number of nitrogens with zero attached hydrogens (tertiary/aromatic N) is 1. The van der Waals surface area contributed by atoms with Crippen LogP contribution < -0.4 is 26.4 Å². The van der Waals surface area contributed by atoms with Crippen molar-refractivity contribution >= 4 is 29.4 Å². The van der Waals surface area contributed by atoms with Gasteiger partial charge < -0.3 is 26.0 Å². The van der Waals surface area contributed by atoms with Crippen molar-refractivity contribution < 1.29 is 23.9 Å². The predicted molar refractivity (Wildman–Crippen MR) is 140 cm³/mol. The fourth-order valence-corrected chi connectivity index (χ4v) is 5.49. The third-order valence-electron chi connectivity index (χ3n) is 7.62. The van der Waals surface area contributed by atoms with Crippen molar-refractivity contribution in [3.05, 3.63) is 59.2 Å². The van der Waals surface area contributed by atoms with Crippen molar-refractivity contribution in [3.63, 3.8) is 0 Å². The maximum atomic E-state index is 12.8. The highest BCUT2D eigenvalue weighted by molar-refractivity contribution is 6.05. The normalized spacial score (nSPS) is 22.7. The zero-order chi connectivity index (χ0) is 26.6. The number of rotatable bonds is 8. The van der Waals surface area contributed by atoms with Crippen molar-refractivity contribution in [3.8, 4) is 5.75 Å². The Hall–Kier alpha value is -3.92. The zero-order valence-corrected chi connectivity index (χ0v) is 21.2. The van der Waals surface area contributed by atoms with Crippen LogP contribution in [0.1, 0.15) is 53.6 Å². The van der Waals surface area contributed by atoms with Crippen LogP contribution in [0.15, 0.2) is 42.5 Å². The number of nitrogens with one attached hydrogen (secondary N) is 3. The van der Waals surface area contributed by atoms with E-state index in [2.05, 4.69) is 16.0 Å². The van der Waals surface area contributed by atoms with Gasteiger partial charge in [0, 0.05) is 30.8 Å². The van der Waals surface area contributed by atoms with E-state index >= 15 is 0 Å². The van der Waals surface area contributed by atoms with E-state index in [1.807, 2.05) is 18.2 Å². The first kappa shape index (κ1) is 25.7. The van der Waals surface area contributed by atoms with Crippen molar-refractivity contribution in [1.29, 1.82) is 0 Å². The minimum Gasteiger partial charge on any atom is -0.493 e. The molecule has 1 saturated heterocycles. The van der Waals surface area contributed by atoms with E-state index in [-0.39, 0.29) is 30.8 Å². The van der Waals surface area contributed by atoms with Crippen molar-refractivity contribution in [2.45, 2.75) is 51.2 Å². The van der Waals surface area contributed by atoms with Crippen molar-refractivity contribution in [1.82, 2.24) is 15.5 Å². The minimum absolute atomic E-state index is 0.215. The van der Waals surface area contributed by atoms with Crippen LogP contribution in [-0.4, -0.2) is 47.8 Å². The maximum Gasteiger partial charge on any atom is 0.319 e. The van der Waals surface area contributed by atoms with E-state index in [0.717, 1.165) is 36.3 Å². The summed E-state index contributed by atoms with van der Waals surface area (Å²) in [6.07, 6.45) is 3.98. The third-order valence-corrected chi connectivity index (χ3v) is 7.62. The number of carbonyl (C=O) groups is 4. The van der Waals surface area contributed by atoms with Crippen LogP contribution in [0.4, 0.5) is 10.5 Å². The smallest absolute Gasteiger partial charge is 0.319 e. The lowest BCUT2D eigenvalue weighted by molar-refractivity contribution is -0.136. The summed E-state index contributed by atoms with van der Waals surface area (Å²) in [5, 5.41) is 7.95. The third kappa shape index (κ3) is 5.80. The van der Waals surface area contributed by atoms with Crippen molar-refractivity contribution in [2.24, 2.45) is 17.6 Å². The Morgan fingerprint density at radius 2 is 1.84 bits per heavy atom. The largest absolute Gasteiger partial charge is 0.493 e. The second kappa shape index (κ2) is 11.2. The van der Waals surface area contributed by atoms with Gasteiger partial charge in [0.1, 0.15) is 11.8 Å². The molecule has 0 spiro atoms. The molecular weight excluding hydrogens is 486 g/mol. The number of anilines is 1. The molecule has 0 radical (unpaired) electrons. The summed E-state index contributed by atoms with van der Waals surface area (Å²) in [6, 6.07) is 11.7. The lowest BCUT2D eigenvalue weighted by Gasteiger charge is -2.29. The molecular formula is C28H33N5O5. The molecule has 0 bridgehead atoms. The quantitative estimate of drug-likeness (QED) is 0.395. The molecule has 2 aliphatic heterocycles. The van der Waals surface area contributed by atoms with Crippen LogP contribution in [0.5, 0.6) is 5.75 Å². The van der Waals surface area contributed by atoms with E-state index in [4.69, 9.17) is 10.5 Å². The van der Waals surface area contributed by atoms with Gasteiger partial charge in [0.2, 0.25) is 11.8 Å². The molecule has 2 heterocycles. The number of ether oxygens (including phenoxy) is 1. The Labute approximate surface area is 221 Å². The number of nitrogens with two attached hydrogens (primary N) is 1. The number of piperidine rings is 1. The molecule has 5 amide bonds. The summed E-state index contributed by atoms with van der Waals surface area (Å²) in [7, 11) is 0. The highest BCUT2D eigenvalue weighted by Gasteiger charge is 2.39. The first-order valence-electron chi connectivity index (χ1n) is 13.1. The first-order chi connectivity index (χ1) is 18.4. The molecule has 2 aromatic rings. The standard InChI is InChI=1S/C28H33N5O5/c29-13-17-1-2-19(11-17)16-38-22-6-4-21(5-7-22)31-28(37)30-14-18-3-8-23-20(12-18)15-33(27(23)36)24-9-10-25(34)32-26(24)35/h3-8,12,17,19,24H,1-2,9-11,13-16,29H2,(H2,30,31,37)(H,32,34,35)/t17-,19-,24?/m1/s1. The van der Waals surface area contributed by atoms with Gasteiger partial charge in [0.25, 0.3) is 5.91 Å². The average Bonchev–Trinajstić information content (AvgIpc) is 3.51. The van der Waals surface area contributed by atoms with Gasteiger partial charge in [0.05, 0.1) is 6.61 Å². The number of benzene rings is 2. The lowest BCUT2D eigenvalue weighted by Crippen LogP contribution is -2.52. The molecule has 0 aromatic heterocycles. The highest BCUT2D eigenvalue weighted by Crippen LogP contribution is 2.31. The highest BCUT2D eigenvalue weighted by atomic mass is 16.5. The van der Waals surface area contributed by atoms with Gasteiger partial charge in [-0.2, -0.15) is 0 Å². The van der Waals surface area contributed by atoms with Crippen LogP contribution in [-0.2, 0) is 22.7 Å². The molecule has 1 saturated carbocycles. The Morgan fingerprint density at radius 3 is 2.58 bits per heavy atom. The van der Waals surface area contributed by atoms with E-state index < -0.39 is 11.9 Å². The number of fused-ring (bicyclic) bond motifs is 1. The maximum absolute atomic E-state index is 12.8. The fraction of sp³-hybridized carbons (Fsp3) is 0.429. The number of hydrogen-bond donors (Lipinski definition) is 4. The van der Waals surface area contributed by atoms with E-state index in [1.54, 1.807) is 24.3 Å². The number of amides is 5. The Kier molecular flexibility index (Phi) is 7.59. The van der Waals surface area contributed by atoms with Crippen LogP contribution in [0, 0.1) is 11.8 Å². The summed E-state index contributed by atoms with van der Waals surface area (Å²) >= 11 is 0. The van der Waals surface area contributed by atoms with Gasteiger partial charge >= 0.3 is 6.03 Å².